The van der Waals surface area contributed by atoms with Crippen molar-refractivity contribution in [2.24, 2.45) is 0 Å². The second kappa shape index (κ2) is 6.87. The van der Waals surface area contributed by atoms with E-state index in [4.69, 9.17) is 5.11 Å². The molecule has 0 spiro atoms. The summed E-state index contributed by atoms with van der Waals surface area (Å²) in [6, 6.07) is 10.7. The summed E-state index contributed by atoms with van der Waals surface area (Å²) >= 11 is 0. The normalized spacial score (nSPS) is 9.90. The van der Waals surface area contributed by atoms with E-state index in [1.54, 1.807) is 25.2 Å². The molecule has 0 fully saturated rings. The van der Waals surface area contributed by atoms with Crippen molar-refractivity contribution < 1.29 is 13.9 Å². The predicted octanol–water partition coefficient (Wildman–Crippen LogP) is 2.95. The van der Waals surface area contributed by atoms with Gasteiger partial charge in [-0.25, -0.2) is 8.78 Å². The van der Waals surface area contributed by atoms with Gasteiger partial charge >= 0.3 is 0 Å². The van der Waals surface area contributed by atoms with E-state index >= 15 is 0 Å². The number of halogens is 2. The molecular weight excluding hydrogens is 272 g/mol. The third-order valence-electron chi connectivity index (χ3n) is 2.94. The molecule has 0 aliphatic carbocycles. The van der Waals surface area contributed by atoms with Crippen LogP contribution >= 0.6 is 0 Å². The highest BCUT2D eigenvalue weighted by Gasteiger charge is 2.05. The topological polar surface area (TPSA) is 23.5 Å². The molecule has 0 radical (unpaired) electrons. The van der Waals surface area contributed by atoms with Crippen LogP contribution in [0.2, 0.25) is 0 Å². The van der Waals surface area contributed by atoms with Gasteiger partial charge in [-0.15, -0.1) is 0 Å². The van der Waals surface area contributed by atoms with Crippen molar-refractivity contribution in [3.63, 3.8) is 0 Å². The smallest absolute Gasteiger partial charge is 0.125 e. The van der Waals surface area contributed by atoms with Crippen molar-refractivity contribution in [2.75, 3.05) is 18.6 Å². The van der Waals surface area contributed by atoms with Crippen LogP contribution in [0.3, 0.4) is 0 Å². The molecule has 4 heteroatoms. The zero-order valence-corrected chi connectivity index (χ0v) is 11.6. The van der Waals surface area contributed by atoms with E-state index in [2.05, 4.69) is 11.8 Å². The highest BCUT2D eigenvalue weighted by molar-refractivity contribution is 5.47. The van der Waals surface area contributed by atoms with Crippen molar-refractivity contribution >= 4 is 5.69 Å². The molecule has 2 aromatic rings. The molecule has 0 amide bonds. The first kappa shape index (κ1) is 15.0. The fraction of sp³-hybridized carbons (Fsp3) is 0.176. The number of hydrogen-bond donors (Lipinski definition) is 1. The van der Waals surface area contributed by atoms with Gasteiger partial charge < -0.3 is 10.0 Å². The van der Waals surface area contributed by atoms with Crippen LogP contribution in [-0.2, 0) is 6.54 Å². The Kier molecular flexibility index (Phi) is 4.91. The van der Waals surface area contributed by atoms with Crippen molar-refractivity contribution in [2.45, 2.75) is 6.54 Å². The van der Waals surface area contributed by atoms with Gasteiger partial charge in [-0.1, -0.05) is 17.9 Å². The average molecular weight is 287 g/mol. The standard InChI is InChI=1S/C17H15F2NO/c1-20(17-6-2-5-15(18)11-17)12-14-8-13(4-3-7-21)9-16(19)10-14/h2,5-6,8-11,21H,7,12H2,1H3. The Morgan fingerprint density at radius 1 is 1.10 bits per heavy atom. The Labute approximate surface area is 122 Å². The lowest BCUT2D eigenvalue weighted by Crippen LogP contribution is -2.16. The number of aliphatic hydroxyl groups excluding tert-OH is 1. The Balaban J connectivity index is 2.20. The van der Waals surface area contributed by atoms with E-state index in [0.29, 0.717) is 17.8 Å². The second-order valence-corrected chi connectivity index (χ2v) is 4.64. The van der Waals surface area contributed by atoms with Crippen LogP contribution < -0.4 is 4.90 Å². The Morgan fingerprint density at radius 2 is 1.90 bits per heavy atom. The molecule has 1 N–H and O–H groups in total. The Bertz CT molecular complexity index is 689. The SMILES string of the molecule is CN(Cc1cc(F)cc(C#CCO)c1)c1cccc(F)c1. The number of aliphatic hydroxyl groups is 1. The first-order valence-electron chi connectivity index (χ1n) is 6.44. The van der Waals surface area contributed by atoms with Gasteiger partial charge in [0, 0.05) is 24.8 Å². The van der Waals surface area contributed by atoms with Gasteiger partial charge in [0.05, 0.1) is 0 Å². The molecule has 0 aliphatic heterocycles. The Hall–Kier alpha value is -2.38. The minimum atomic E-state index is -0.387. The molecule has 2 nitrogen and oxygen atoms in total. The second-order valence-electron chi connectivity index (χ2n) is 4.64. The van der Waals surface area contributed by atoms with Crippen LogP contribution in [0.4, 0.5) is 14.5 Å². The molecule has 21 heavy (non-hydrogen) atoms. The lowest BCUT2D eigenvalue weighted by atomic mass is 10.1. The summed E-state index contributed by atoms with van der Waals surface area (Å²) in [6.45, 7) is 0.157. The van der Waals surface area contributed by atoms with Crippen molar-refractivity contribution in [3.05, 3.63) is 65.2 Å². The van der Waals surface area contributed by atoms with Gasteiger partial charge in [-0.05, 0) is 42.0 Å². The number of benzene rings is 2. The van der Waals surface area contributed by atoms with Gasteiger partial charge in [0.25, 0.3) is 0 Å². The van der Waals surface area contributed by atoms with Crippen molar-refractivity contribution in [3.8, 4) is 11.8 Å². The summed E-state index contributed by atoms with van der Waals surface area (Å²) in [5, 5.41) is 8.68. The molecule has 0 atom stereocenters. The first-order valence-corrected chi connectivity index (χ1v) is 6.44. The van der Waals surface area contributed by atoms with E-state index in [1.165, 1.54) is 24.3 Å². The van der Waals surface area contributed by atoms with E-state index in [9.17, 15) is 8.78 Å². The summed E-state index contributed by atoms with van der Waals surface area (Å²) in [5.74, 6) is 4.47. The molecule has 2 aromatic carbocycles. The maximum Gasteiger partial charge on any atom is 0.125 e. The van der Waals surface area contributed by atoms with Crippen molar-refractivity contribution in [1.29, 1.82) is 0 Å². The number of nitrogens with zero attached hydrogens (tertiary/aromatic N) is 1. The van der Waals surface area contributed by atoms with Crippen LogP contribution in [0.1, 0.15) is 11.1 Å². The zero-order chi connectivity index (χ0) is 15.2. The summed E-state index contributed by atoms with van der Waals surface area (Å²) in [4.78, 5) is 1.82. The van der Waals surface area contributed by atoms with Crippen molar-refractivity contribution in [1.82, 2.24) is 0 Å². The lowest BCUT2D eigenvalue weighted by molar-refractivity contribution is 0.350. The maximum atomic E-state index is 13.6. The largest absolute Gasteiger partial charge is 0.384 e. The minimum absolute atomic E-state index is 0.269. The fourth-order valence-corrected chi connectivity index (χ4v) is 2.03. The van der Waals surface area contributed by atoms with E-state index < -0.39 is 0 Å². The van der Waals surface area contributed by atoms with E-state index in [1.807, 2.05) is 4.90 Å². The van der Waals surface area contributed by atoms with Gasteiger partial charge in [-0.3, -0.25) is 0 Å². The molecule has 0 bridgehead atoms. The molecule has 108 valence electrons. The highest BCUT2D eigenvalue weighted by atomic mass is 19.1. The van der Waals surface area contributed by atoms with E-state index in [-0.39, 0.29) is 18.2 Å². The van der Waals surface area contributed by atoms with Gasteiger partial charge in [0.2, 0.25) is 0 Å². The van der Waals surface area contributed by atoms with Gasteiger partial charge in [0.15, 0.2) is 0 Å². The van der Waals surface area contributed by atoms with Crippen LogP contribution in [0, 0.1) is 23.5 Å². The third-order valence-corrected chi connectivity index (χ3v) is 2.94. The molecule has 2 rings (SSSR count). The molecule has 0 saturated carbocycles. The van der Waals surface area contributed by atoms with Crippen LogP contribution in [0.25, 0.3) is 0 Å². The summed E-state index contributed by atoms with van der Waals surface area (Å²) in [6.07, 6.45) is 0. The van der Waals surface area contributed by atoms with Crippen LogP contribution in [-0.4, -0.2) is 18.8 Å². The van der Waals surface area contributed by atoms with Crippen LogP contribution in [0.15, 0.2) is 42.5 Å². The van der Waals surface area contributed by atoms with Gasteiger partial charge in [-0.2, -0.15) is 0 Å². The monoisotopic (exact) mass is 287 g/mol. The average Bonchev–Trinajstić information content (AvgIpc) is 2.44. The number of hydrogen-bond acceptors (Lipinski definition) is 2. The third kappa shape index (κ3) is 4.30. The lowest BCUT2D eigenvalue weighted by Gasteiger charge is -2.19. The summed E-state index contributed by atoms with van der Waals surface area (Å²) in [5.41, 5.74) is 1.94. The molecule has 0 aliphatic rings. The molecular formula is C17H15F2NO. The summed E-state index contributed by atoms with van der Waals surface area (Å²) < 4.78 is 26.8. The molecule has 0 aromatic heterocycles. The number of rotatable bonds is 3. The molecule has 0 unspecified atom stereocenters. The van der Waals surface area contributed by atoms with Crippen LogP contribution in [0.5, 0.6) is 0 Å². The minimum Gasteiger partial charge on any atom is -0.384 e. The Morgan fingerprint density at radius 3 is 2.62 bits per heavy atom. The fourth-order valence-electron chi connectivity index (χ4n) is 2.03. The predicted molar refractivity (Wildman–Crippen MR) is 78.9 cm³/mol. The highest BCUT2D eigenvalue weighted by Crippen LogP contribution is 2.18. The summed E-state index contributed by atoms with van der Waals surface area (Å²) in [7, 11) is 1.80. The number of anilines is 1. The molecule has 0 saturated heterocycles. The van der Waals surface area contributed by atoms with E-state index in [0.717, 1.165) is 5.56 Å². The maximum absolute atomic E-state index is 13.6. The first-order chi connectivity index (χ1) is 10.1. The zero-order valence-electron chi connectivity index (χ0n) is 11.6. The molecule has 0 heterocycles. The quantitative estimate of drug-likeness (QED) is 0.877. The van der Waals surface area contributed by atoms with Gasteiger partial charge in [0.1, 0.15) is 18.2 Å².